The van der Waals surface area contributed by atoms with Crippen molar-refractivity contribution in [2.24, 2.45) is 0 Å². The van der Waals surface area contributed by atoms with Gasteiger partial charge in [-0.05, 0) is 31.0 Å². The molecule has 2 rings (SSSR count). The number of benzene rings is 1. The summed E-state index contributed by atoms with van der Waals surface area (Å²) in [5, 5.41) is 3.50. The molecule has 1 N–H and O–H groups in total. The summed E-state index contributed by atoms with van der Waals surface area (Å²) in [5.74, 6) is 0.945. The van der Waals surface area contributed by atoms with Crippen LogP contribution in [0.25, 0.3) is 0 Å². The lowest BCUT2D eigenvalue weighted by atomic mass is 9.93. The maximum Gasteiger partial charge on any atom is 0.119 e. The molecule has 1 aliphatic rings. The highest BCUT2D eigenvalue weighted by atomic mass is 16.5. The molecular weight excluding hydrogens is 224 g/mol. The van der Waals surface area contributed by atoms with Crippen molar-refractivity contribution in [1.29, 1.82) is 0 Å². The Morgan fingerprint density at radius 3 is 3.00 bits per heavy atom. The second-order valence-electron chi connectivity index (χ2n) is 5.30. The zero-order valence-corrected chi connectivity index (χ0v) is 11.7. The molecule has 0 amide bonds. The fourth-order valence-electron chi connectivity index (χ4n) is 2.56. The molecule has 1 aromatic rings. The molecule has 0 aromatic heterocycles. The second-order valence-corrected chi connectivity index (χ2v) is 5.30. The van der Waals surface area contributed by atoms with E-state index in [0.717, 1.165) is 31.9 Å². The van der Waals surface area contributed by atoms with Gasteiger partial charge < -0.3 is 10.1 Å². The van der Waals surface area contributed by atoms with Crippen LogP contribution in [0.3, 0.4) is 0 Å². The van der Waals surface area contributed by atoms with E-state index in [1.807, 2.05) is 6.07 Å². The topological polar surface area (TPSA) is 24.5 Å². The van der Waals surface area contributed by atoms with Gasteiger partial charge in [0.1, 0.15) is 5.75 Å². The molecule has 1 heterocycles. The normalized spacial score (nSPS) is 25.1. The van der Waals surface area contributed by atoms with Crippen LogP contribution in [0.4, 0.5) is 0 Å². The van der Waals surface area contributed by atoms with Gasteiger partial charge in [0.25, 0.3) is 0 Å². The monoisotopic (exact) mass is 248 g/mol. The van der Waals surface area contributed by atoms with E-state index < -0.39 is 0 Å². The van der Waals surface area contributed by atoms with E-state index in [0.29, 0.717) is 0 Å². The number of hydrogen-bond donors (Lipinski definition) is 1. The summed E-state index contributed by atoms with van der Waals surface area (Å²) in [7, 11) is 1.72. The molecule has 3 nitrogen and oxygen atoms in total. The standard InChI is InChI=1S/C15H24N2O/c1-4-15(2)12-16-8-9-17(15)11-13-6-5-7-14(10-13)18-3/h5-7,10,16H,4,8-9,11-12H2,1-3H3. The summed E-state index contributed by atoms with van der Waals surface area (Å²) in [5.41, 5.74) is 1.59. The minimum atomic E-state index is 0.265. The zero-order valence-electron chi connectivity index (χ0n) is 11.7. The van der Waals surface area contributed by atoms with E-state index in [9.17, 15) is 0 Å². The highest BCUT2D eigenvalue weighted by Crippen LogP contribution is 2.24. The number of ether oxygens (including phenoxy) is 1. The first-order valence-electron chi connectivity index (χ1n) is 6.76. The molecule has 1 aromatic carbocycles. The van der Waals surface area contributed by atoms with Gasteiger partial charge in [0.15, 0.2) is 0 Å². The summed E-state index contributed by atoms with van der Waals surface area (Å²) < 4.78 is 5.29. The minimum absolute atomic E-state index is 0.265. The second kappa shape index (κ2) is 5.72. The van der Waals surface area contributed by atoms with Gasteiger partial charge >= 0.3 is 0 Å². The van der Waals surface area contributed by atoms with Gasteiger partial charge in [-0.25, -0.2) is 0 Å². The van der Waals surface area contributed by atoms with Crippen LogP contribution in [-0.2, 0) is 6.54 Å². The van der Waals surface area contributed by atoms with Crippen LogP contribution in [0, 0.1) is 0 Å². The first kappa shape index (κ1) is 13.4. The minimum Gasteiger partial charge on any atom is -0.497 e. The number of hydrogen-bond acceptors (Lipinski definition) is 3. The maximum atomic E-state index is 5.29. The SMILES string of the molecule is CCC1(C)CNCCN1Cc1cccc(OC)c1. The zero-order chi connectivity index (χ0) is 13.0. The Labute approximate surface area is 110 Å². The average molecular weight is 248 g/mol. The Morgan fingerprint density at radius 1 is 1.44 bits per heavy atom. The molecule has 0 bridgehead atoms. The van der Waals surface area contributed by atoms with Crippen LogP contribution >= 0.6 is 0 Å². The van der Waals surface area contributed by atoms with Crippen molar-refractivity contribution < 1.29 is 4.74 Å². The molecular formula is C15H24N2O. The summed E-state index contributed by atoms with van der Waals surface area (Å²) >= 11 is 0. The average Bonchev–Trinajstić information content (AvgIpc) is 2.42. The molecule has 18 heavy (non-hydrogen) atoms. The lowest BCUT2D eigenvalue weighted by Crippen LogP contribution is -2.58. The number of nitrogens with one attached hydrogen (secondary N) is 1. The Bertz CT molecular complexity index is 394. The van der Waals surface area contributed by atoms with Gasteiger partial charge in [0.05, 0.1) is 7.11 Å². The van der Waals surface area contributed by atoms with Crippen LogP contribution in [0.5, 0.6) is 5.75 Å². The first-order chi connectivity index (χ1) is 8.68. The summed E-state index contributed by atoms with van der Waals surface area (Å²) in [4.78, 5) is 2.58. The molecule has 0 spiro atoms. The largest absolute Gasteiger partial charge is 0.497 e. The lowest BCUT2D eigenvalue weighted by molar-refractivity contribution is 0.0637. The smallest absolute Gasteiger partial charge is 0.119 e. The van der Waals surface area contributed by atoms with Gasteiger partial charge in [0.2, 0.25) is 0 Å². The Morgan fingerprint density at radius 2 is 2.28 bits per heavy atom. The van der Waals surface area contributed by atoms with Gasteiger partial charge in [-0.1, -0.05) is 19.1 Å². The van der Waals surface area contributed by atoms with E-state index in [-0.39, 0.29) is 5.54 Å². The first-order valence-corrected chi connectivity index (χ1v) is 6.76. The van der Waals surface area contributed by atoms with Crippen LogP contribution in [0.15, 0.2) is 24.3 Å². The van der Waals surface area contributed by atoms with Crippen molar-refractivity contribution in [3.05, 3.63) is 29.8 Å². The van der Waals surface area contributed by atoms with Gasteiger partial charge in [-0.3, -0.25) is 4.90 Å². The molecule has 0 radical (unpaired) electrons. The molecule has 3 heteroatoms. The van der Waals surface area contributed by atoms with Gasteiger partial charge in [-0.2, -0.15) is 0 Å². The van der Waals surface area contributed by atoms with Crippen LogP contribution < -0.4 is 10.1 Å². The van der Waals surface area contributed by atoms with Crippen LogP contribution in [-0.4, -0.2) is 37.2 Å². The van der Waals surface area contributed by atoms with Gasteiger partial charge in [-0.15, -0.1) is 0 Å². The van der Waals surface area contributed by atoms with Crippen molar-refractivity contribution >= 4 is 0 Å². The van der Waals surface area contributed by atoms with Crippen molar-refractivity contribution in [3.63, 3.8) is 0 Å². The third-order valence-corrected chi connectivity index (χ3v) is 4.10. The van der Waals surface area contributed by atoms with Crippen LogP contribution in [0.1, 0.15) is 25.8 Å². The summed E-state index contributed by atoms with van der Waals surface area (Å²) in [6.45, 7) is 8.89. The highest BCUT2D eigenvalue weighted by molar-refractivity contribution is 5.28. The molecule has 0 aliphatic carbocycles. The lowest BCUT2D eigenvalue weighted by Gasteiger charge is -2.45. The van der Waals surface area contributed by atoms with Gasteiger partial charge in [0, 0.05) is 31.7 Å². The number of methoxy groups -OCH3 is 1. The molecule has 1 atom stereocenters. The predicted octanol–water partition coefficient (Wildman–Crippen LogP) is 2.27. The van der Waals surface area contributed by atoms with Crippen LogP contribution in [0.2, 0.25) is 0 Å². The van der Waals surface area contributed by atoms with Crippen molar-refractivity contribution in [1.82, 2.24) is 10.2 Å². The molecule has 1 unspecified atom stereocenters. The maximum absolute atomic E-state index is 5.29. The highest BCUT2D eigenvalue weighted by Gasteiger charge is 2.32. The van der Waals surface area contributed by atoms with E-state index in [2.05, 4.69) is 42.3 Å². The van der Waals surface area contributed by atoms with E-state index in [1.54, 1.807) is 7.11 Å². The van der Waals surface area contributed by atoms with E-state index in [1.165, 1.54) is 12.0 Å². The summed E-state index contributed by atoms with van der Waals surface area (Å²) in [6.07, 6.45) is 1.17. The molecule has 1 saturated heterocycles. The molecule has 0 saturated carbocycles. The molecule has 1 fully saturated rings. The fraction of sp³-hybridized carbons (Fsp3) is 0.600. The van der Waals surface area contributed by atoms with Crippen molar-refractivity contribution in [2.75, 3.05) is 26.7 Å². The molecule has 1 aliphatic heterocycles. The molecule has 100 valence electrons. The number of rotatable bonds is 4. The quantitative estimate of drug-likeness (QED) is 0.884. The Kier molecular flexibility index (Phi) is 4.25. The van der Waals surface area contributed by atoms with E-state index >= 15 is 0 Å². The fourth-order valence-corrected chi connectivity index (χ4v) is 2.56. The summed E-state index contributed by atoms with van der Waals surface area (Å²) in [6, 6.07) is 8.39. The Hall–Kier alpha value is -1.06. The van der Waals surface area contributed by atoms with Crippen molar-refractivity contribution in [2.45, 2.75) is 32.4 Å². The van der Waals surface area contributed by atoms with E-state index in [4.69, 9.17) is 4.74 Å². The number of nitrogens with zero attached hydrogens (tertiary/aromatic N) is 1. The number of piperazine rings is 1. The third kappa shape index (κ3) is 2.85. The third-order valence-electron chi connectivity index (χ3n) is 4.10. The Balaban J connectivity index is 2.11. The predicted molar refractivity (Wildman–Crippen MR) is 75.0 cm³/mol. The van der Waals surface area contributed by atoms with Crippen molar-refractivity contribution in [3.8, 4) is 5.75 Å².